The molecule has 0 aliphatic rings. The third-order valence-corrected chi connectivity index (χ3v) is 6.78. The fourth-order valence-electron chi connectivity index (χ4n) is 4.42. The molecule has 0 bridgehead atoms. The molecule has 0 atom stereocenters. The highest BCUT2D eigenvalue weighted by Gasteiger charge is 2.05. The van der Waals surface area contributed by atoms with Gasteiger partial charge in [-0.2, -0.15) is 0 Å². The smallest absolute Gasteiger partial charge is 0.0222 e. The summed E-state index contributed by atoms with van der Waals surface area (Å²) in [5.74, 6) is 0. The Morgan fingerprint density at radius 1 is 0.406 bits per heavy atom. The van der Waals surface area contributed by atoms with Gasteiger partial charge in [0.1, 0.15) is 0 Å². The Hall–Kier alpha value is -2.86. The summed E-state index contributed by atoms with van der Waals surface area (Å²) in [4.78, 5) is 0. The van der Waals surface area contributed by atoms with E-state index in [1.165, 1.54) is 66.8 Å². The van der Waals surface area contributed by atoms with Gasteiger partial charge in [0.05, 0.1) is 0 Å². The molecular formula is C32H38. The maximum absolute atomic E-state index is 2.34. The molecular weight excluding hydrogens is 384 g/mol. The molecule has 0 radical (unpaired) electrons. The Labute approximate surface area is 195 Å². The lowest BCUT2D eigenvalue weighted by molar-refractivity contribution is 1.10. The first kappa shape index (κ1) is 23.8. The van der Waals surface area contributed by atoms with Crippen molar-refractivity contribution >= 4 is 24.3 Å². The van der Waals surface area contributed by atoms with E-state index in [0.717, 1.165) is 12.8 Å². The van der Waals surface area contributed by atoms with Crippen LogP contribution in [-0.4, -0.2) is 0 Å². The molecule has 0 heterocycles. The van der Waals surface area contributed by atoms with Crippen LogP contribution in [0.15, 0.2) is 36.4 Å². The Morgan fingerprint density at radius 2 is 0.812 bits per heavy atom. The second-order valence-electron chi connectivity index (χ2n) is 9.21. The minimum absolute atomic E-state index is 1.06. The van der Waals surface area contributed by atoms with Gasteiger partial charge in [0.15, 0.2) is 0 Å². The van der Waals surface area contributed by atoms with Crippen molar-refractivity contribution in [1.29, 1.82) is 0 Å². The van der Waals surface area contributed by atoms with Crippen molar-refractivity contribution in [3.05, 3.63) is 103 Å². The van der Waals surface area contributed by atoms with E-state index < -0.39 is 0 Å². The molecule has 0 aliphatic carbocycles. The number of benzene rings is 3. The van der Waals surface area contributed by atoms with Crippen LogP contribution in [0.5, 0.6) is 0 Å². The lowest BCUT2D eigenvalue weighted by Gasteiger charge is -2.11. The van der Waals surface area contributed by atoms with E-state index in [1.807, 2.05) is 0 Å². The van der Waals surface area contributed by atoms with Crippen molar-refractivity contribution < 1.29 is 0 Å². The topological polar surface area (TPSA) is 0 Å². The van der Waals surface area contributed by atoms with Crippen molar-refractivity contribution in [2.75, 3.05) is 0 Å². The summed E-state index contributed by atoms with van der Waals surface area (Å²) >= 11 is 0. The van der Waals surface area contributed by atoms with Crippen LogP contribution in [0.4, 0.5) is 0 Å². The van der Waals surface area contributed by atoms with Crippen molar-refractivity contribution in [1.82, 2.24) is 0 Å². The first-order valence-corrected chi connectivity index (χ1v) is 11.9. The molecule has 3 aromatic rings. The molecule has 3 aromatic carbocycles. The molecule has 0 heteroatoms. The molecule has 0 saturated carbocycles. The first-order chi connectivity index (χ1) is 15.2. The molecule has 32 heavy (non-hydrogen) atoms. The van der Waals surface area contributed by atoms with E-state index in [-0.39, 0.29) is 0 Å². The van der Waals surface area contributed by atoms with Crippen LogP contribution in [0.1, 0.15) is 80.6 Å². The number of hydrogen-bond acceptors (Lipinski definition) is 0. The summed E-state index contributed by atoms with van der Waals surface area (Å²) in [5, 5.41) is 0. The van der Waals surface area contributed by atoms with E-state index in [4.69, 9.17) is 0 Å². The van der Waals surface area contributed by atoms with Gasteiger partial charge in [-0.25, -0.2) is 0 Å². The van der Waals surface area contributed by atoms with Crippen molar-refractivity contribution in [3.8, 4) is 0 Å². The van der Waals surface area contributed by atoms with Crippen LogP contribution in [0.2, 0.25) is 0 Å². The van der Waals surface area contributed by atoms with Gasteiger partial charge in [0, 0.05) is 0 Å². The number of aryl methyl sites for hydroxylation is 8. The second-order valence-corrected chi connectivity index (χ2v) is 9.21. The minimum Gasteiger partial charge on any atom is -0.0613 e. The number of hydrogen-bond donors (Lipinski definition) is 0. The van der Waals surface area contributed by atoms with Gasteiger partial charge in [-0.15, -0.1) is 0 Å². The maximum atomic E-state index is 2.34. The predicted molar refractivity (Wildman–Crippen MR) is 144 cm³/mol. The Morgan fingerprint density at radius 3 is 1.34 bits per heavy atom. The Bertz CT molecular complexity index is 1190. The monoisotopic (exact) mass is 422 g/mol. The molecule has 0 saturated heterocycles. The highest BCUT2D eigenvalue weighted by Crippen LogP contribution is 2.24. The average molecular weight is 423 g/mol. The third kappa shape index (κ3) is 5.30. The molecule has 166 valence electrons. The summed E-state index contributed by atoms with van der Waals surface area (Å²) < 4.78 is 0. The number of rotatable bonds is 6. The van der Waals surface area contributed by atoms with Gasteiger partial charge in [-0.05, 0) is 121 Å². The molecule has 0 fully saturated rings. The lowest BCUT2D eigenvalue weighted by Crippen LogP contribution is -1.92. The fraction of sp³-hybridized carbons (Fsp3) is 0.312. The summed E-state index contributed by atoms with van der Waals surface area (Å²) in [5.41, 5.74) is 16.1. The molecule has 0 aromatic heterocycles. The van der Waals surface area contributed by atoms with E-state index >= 15 is 0 Å². The molecule has 0 aliphatic heterocycles. The SMILES string of the molecule is CCc1cc(/C=C/c2cc(C)c(/C=C/c3cc(C)c(C)cc3CC)cc2C)c(C)cc1C. The van der Waals surface area contributed by atoms with E-state index in [0.29, 0.717) is 0 Å². The van der Waals surface area contributed by atoms with Crippen molar-refractivity contribution in [2.45, 2.75) is 68.2 Å². The molecule has 0 nitrogen and oxygen atoms in total. The Balaban J connectivity index is 1.90. The highest BCUT2D eigenvalue weighted by molar-refractivity contribution is 5.77. The van der Waals surface area contributed by atoms with Gasteiger partial charge in [-0.3, -0.25) is 0 Å². The van der Waals surface area contributed by atoms with Crippen LogP contribution >= 0.6 is 0 Å². The minimum atomic E-state index is 1.06. The molecule has 0 unspecified atom stereocenters. The van der Waals surface area contributed by atoms with Gasteiger partial charge in [0.25, 0.3) is 0 Å². The van der Waals surface area contributed by atoms with E-state index in [9.17, 15) is 0 Å². The molecule has 0 N–H and O–H groups in total. The molecule has 0 spiro atoms. The van der Waals surface area contributed by atoms with Gasteiger partial charge < -0.3 is 0 Å². The summed E-state index contributed by atoms with van der Waals surface area (Å²) in [6, 6.07) is 13.9. The van der Waals surface area contributed by atoms with E-state index in [2.05, 4.69) is 116 Å². The van der Waals surface area contributed by atoms with Crippen LogP contribution < -0.4 is 0 Å². The lowest BCUT2D eigenvalue weighted by atomic mass is 9.95. The Kier molecular flexibility index (Phi) is 7.56. The van der Waals surface area contributed by atoms with Crippen molar-refractivity contribution in [2.24, 2.45) is 0 Å². The van der Waals surface area contributed by atoms with Gasteiger partial charge in [-0.1, -0.05) is 74.5 Å². The zero-order valence-corrected chi connectivity index (χ0v) is 21.2. The normalized spacial score (nSPS) is 11.8. The van der Waals surface area contributed by atoms with Crippen LogP contribution in [0, 0.1) is 41.5 Å². The zero-order chi connectivity index (χ0) is 23.4. The fourth-order valence-corrected chi connectivity index (χ4v) is 4.42. The van der Waals surface area contributed by atoms with Crippen LogP contribution in [0.25, 0.3) is 24.3 Å². The quantitative estimate of drug-likeness (QED) is 0.348. The molecule has 3 rings (SSSR count). The maximum Gasteiger partial charge on any atom is -0.0222 e. The predicted octanol–water partition coefficient (Wildman–Crippen LogP) is 9.00. The first-order valence-electron chi connectivity index (χ1n) is 11.9. The standard InChI is InChI=1S/C32H38/c1-9-27-20-31(24(6)15-23(27)5)12-11-29-18-26(8)30(19-25(29)7)13-14-32-17-22(4)21(3)16-28(32)10-2/h11-20H,9-10H2,1-8H3/b12-11+,14-13+. The van der Waals surface area contributed by atoms with Gasteiger partial charge >= 0.3 is 0 Å². The zero-order valence-electron chi connectivity index (χ0n) is 21.2. The third-order valence-electron chi connectivity index (χ3n) is 6.78. The summed E-state index contributed by atoms with van der Waals surface area (Å²) in [6.07, 6.45) is 11.2. The van der Waals surface area contributed by atoms with E-state index in [1.54, 1.807) is 0 Å². The largest absolute Gasteiger partial charge is 0.0613 e. The summed E-state index contributed by atoms with van der Waals surface area (Å²) in [7, 11) is 0. The molecule has 0 amide bonds. The van der Waals surface area contributed by atoms with Crippen LogP contribution in [0.3, 0.4) is 0 Å². The van der Waals surface area contributed by atoms with Gasteiger partial charge in [0.2, 0.25) is 0 Å². The summed E-state index contributed by atoms with van der Waals surface area (Å²) in [6.45, 7) is 17.7. The average Bonchev–Trinajstić information content (AvgIpc) is 2.76. The van der Waals surface area contributed by atoms with Crippen LogP contribution in [-0.2, 0) is 12.8 Å². The van der Waals surface area contributed by atoms with Crippen molar-refractivity contribution in [3.63, 3.8) is 0 Å². The second kappa shape index (κ2) is 10.2. The highest BCUT2D eigenvalue weighted by atomic mass is 14.1.